The molecular formula is C12H13N3O. The number of nitrogens with two attached hydrogens (primary N) is 1. The summed E-state index contributed by atoms with van der Waals surface area (Å²) in [4.78, 5) is 15.3. The van der Waals surface area contributed by atoms with E-state index in [-0.39, 0.29) is 5.69 Å². The highest BCUT2D eigenvalue weighted by atomic mass is 16.1. The van der Waals surface area contributed by atoms with Crippen molar-refractivity contribution in [2.24, 2.45) is 0 Å². The minimum Gasteiger partial charge on any atom is -0.396 e. The van der Waals surface area contributed by atoms with Crippen LogP contribution >= 0.6 is 0 Å². The van der Waals surface area contributed by atoms with Crippen molar-refractivity contribution in [2.45, 2.75) is 13.8 Å². The van der Waals surface area contributed by atoms with E-state index in [9.17, 15) is 4.79 Å². The monoisotopic (exact) mass is 215 g/mol. The molecule has 0 saturated heterocycles. The summed E-state index contributed by atoms with van der Waals surface area (Å²) in [5.41, 5.74) is 8.77. The summed E-state index contributed by atoms with van der Waals surface area (Å²) >= 11 is 0. The molecule has 1 aromatic heterocycles. The maximum Gasteiger partial charge on any atom is 0.352 e. The third kappa shape index (κ3) is 1.95. The van der Waals surface area contributed by atoms with Crippen LogP contribution in [-0.2, 0) is 0 Å². The molecule has 0 unspecified atom stereocenters. The van der Waals surface area contributed by atoms with E-state index in [1.807, 2.05) is 32.0 Å². The van der Waals surface area contributed by atoms with Gasteiger partial charge < -0.3 is 5.73 Å². The van der Waals surface area contributed by atoms with Crippen molar-refractivity contribution in [2.75, 3.05) is 5.73 Å². The Morgan fingerprint density at radius 2 is 1.81 bits per heavy atom. The van der Waals surface area contributed by atoms with E-state index in [2.05, 4.69) is 4.98 Å². The lowest BCUT2D eigenvalue weighted by Crippen LogP contribution is -2.21. The van der Waals surface area contributed by atoms with Gasteiger partial charge in [-0.3, -0.25) is 4.57 Å². The number of rotatable bonds is 1. The Hall–Kier alpha value is -2.10. The molecule has 1 aromatic carbocycles. The van der Waals surface area contributed by atoms with Crippen LogP contribution in [-0.4, -0.2) is 9.55 Å². The highest BCUT2D eigenvalue weighted by Gasteiger charge is 2.02. The van der Waals surface area contributed by atoms with Crippen molar-refractivity contribution in [3.8, 4) is 5.69 Å². The second kappa shape index (κ2) is 3.81. The van der Waals surface area contributed by atoms with Gasteiger partial charge in [0.25, 0.3) is 0 Å². The minimum absolute atomic E-state index is 0.320. The summed E-state index contributed by atoms with van der Waals surface area (Å²) < 4.78 is 1.45. The van der Waals surface area contributed by atoms with E-state index in [1.165, 1.54) is 10.8 Å². The first-order valence-electron chi connectivity index (χ1n) is 4.99. The Labute approximate surface area is 93.4 Å². The molecule has 0 fully saturated rings. The normalized spacial score (nSPS) is 10.4. The van der Waals surface area contributed by atoms with Crippen LogP contribution in [0.25, 0.3) is 5.69 Å². The number of benzene rings is 1. The van der Waals surface area contributed by atoms with Crippen LogP contribution in [0.15, 0.2) is 35.4 Å². The maximum atomic E-state index is 11.6. The lowest BCUT2D eigenvalue weighted by Gasteiger charge is -2.07. The molecule has 0 aliphatic rings. The standard InChI is InChI=1S/C12H13N3O/c1-8-3-9(2)5-11(4-8)15-7-10(13)6-14-12(15)16/h3-7H,13H2,1-2H3. The number of nitrogen functional groups attached to an aromatic ring is 1. The van der Waals surface area contributed by atoms with Crippen LogP contribution in [0.3, 0.4) is 0 Å². The minimum atomic E-state index is -0.320. The highest BCUT2D eigenvalue weighted by Crippen LogP contribution is 2.12. The molecule has 2 N–H and O–H groups in total. The van der Waals surface area contributed by atoms with Crippen LogP contribution < -0.4 is 11.4 Å². The molecule has 1 heterocycles. The second-order valence-electron chi connectivity index (χ2n) is 3.89. The zero-order valence-electron chi connectivity index (χ0n) is 9.27. The van der Waals surface area contributed by atoms with Crippen molar-refractivity contribution in [1.82, 2.24) is 9.55 Å². The fraction of sp³-hybridized carbons (Fsp3) is 0.167. The average Bonchev–Trinajstić information content (AvgIpc) is 2.20. The smallest absolute Gasteiger partial charge is 0.352 e. The van der Waals surface area contributed by atoms with Gasteiger partial charge in [0.2, 0.25) is 0 Å². The summed E-state index contributed by atoms with van der Waals surface area (Å²) in [5.74, 6) is 0. The molecule has 0 atom stereocenters. The van der Waals surface area contributed by atoms with Gasteiger partial charge in [-0.05, 0) is 37.1 Å². The molecule has 0 aliphatic heterocycles. The Morgan fingerprint density at radius 3 is 2.44 bits per heavy atom. The molecule has 2 rings (SSSR count). The average molecular weight is 215 g/mol. The molecule has 4 heteroatoms. The number of aromatic nitrogens is 2. The lowest BCUT2D eigenvalue weighted by atomic mass is 10.1. The summed E-state index contributed by atoms with van der Waals surface area (Å²) in [6.45, 7) is 3.97. The zero-order chi connectivity index (χ0) is 11.7. The number of hydrogen-bond acceptors (Lipinski definition) is 3. The molecule has 2 aromatic rings. The zero-order valence-corrected chi connectivity index (χ0v) is 9.27. The van der Waals surface area contributed by atoms with Crippen LogP contribution in [0, 0.1) is 13.8 Å². The van der Waals surface area contributed by atoms with Crippen molar-refractivity contribution in [1.29, 1.82) is 0 Å². The van der Waals surface area contributed by atoms with Gasteiger partial charge in [0.05, 0.1) is 17.6 Å². The number of nitrogens with zero attached hydrogens (tertiary/aromatic N) is 2. The molecule has 0 saturated carbocycles. The van der Waals surface area contributed by atoms with Gasteiger partial charge in [-0.25, -0.2) is 4.79 Å². The van der Waals surface area contributed by atoms with Gasteiger partial charge in [-0.1, -0.05) is 6.07 Å². The van der Waals surface area contributed by atoms with Crippen molar-refractivity contribution >= 4 is 5.69 Å². The Bertz CT molecular complexity index is 567. The predicted molar refractivity (Wildman–Crippen MR) is 63.7 cm³/mol. The number of aryl methyl sites for hydroxylation is 2. The van der Waals surface area contributed by atoms with Gasteiger partial charge in [-0.15, -0.1) is 0 Å². The van der Waals surface area contributed by atoms with E-state index in [4.69, 9.17) is 5.73 Å². The number of anilines is 1. The molecule has 4 nitrogen and oxygen atoms in total. The largest absolute Gasteiger partial charge is 0.396 e. The summed E-state index contributed by atoms with van der Waals surface area (Å²) in [7, 11) is 0. The van der Waals surface area contributed by atoms with E-state index in [0.717, 1.165) is 16.8 Å². The molecule has 0 radical (unpaired) electrons. The first-order chi connectivity index (χ1) is 7.56. The SMILES string of the molecule is Cc1cc(C)cc(-n2cc(N)cnc2=O)c1. The quantitative estimate of drug-likeness (QED) is 0.782. The Kier molecular flexibility index (Phi) is 2.48. The van der Waals surface area contributed by atoms with Gasteiger partial charge >= 0.3 is 5.69 Å². The number of hydrogen-bond donors (Lipinski definition) is 1. The van der Waals surface area contributed by atoms with Gasteiger partial charge in [0.1, 0.15) is 0 Å². The van der Waals surface area contributed by atoms with Crippen molar-refractivity contribution in [3.63, 3.8) is 0 Å². The molecule has 0 spiro atoms. The van der Waals surface area contributed by atoms with E-state index in [0.29, 0.717) is 5.69 Å². The van der Waals surface area contributed by atoms with Crippen molar-refractivity contribution in [3.05, 3.63) is 52.2 Å². The lowest BCUT2D eigenvalue weighted by molar-refractivity contribution is 0.915. The molecule has 0 bridgehead atoms. The molecular weight excluding hydrogens is 202 g/mol. The van der Waals surface area contributed by atoms with Crippen LogP contribution in [0.1, 0.15) is 11.1 Å². The fourth-order valence-electron chi connectivity index (χ4n) is 1.70. The van der Waals surface area contributed by atoms with Crippen LogP contribution in [0.4, 0.5) is 5.69 Å². The Balaban J connectivity index is 2.67. The highest BCUT2D eigenvalue weighted by molar-refractivity contribution is 5.42. The Morgan fingerprint density at radius 1 is 1.19 bits per heavy atom. The predicted octanol–water partition coefficient (Wildman–Crippen LogP) is 1.43. The van der Waals surface area contributed by atoms with Crippen molar-refractivity contribution < 1.29 is 0 Å². The third-order valence-electron chi connectivity index (χ3n) is 2.29. The summed E-state index contributed by atoms with van der Waals surface area (Å²) in [5, 5.41) is 0. The molecule has 0 amide bonds. The van der Waals surface area contributed by atoms with Gasteiger partial charge in [-0.2, -0.15) is 4.98 Å². The maximum absolute atomic E-state index is 11.6. The molecule has 82 valence electrons. The van der Waals surface area contributed by atoms with Crippen LogP contribution in [0.2, 0.25) is 0 Å². The topological polar surface area (TPSA) is 60.9 Å². The van der Waals surface area contributed by atoms with Gasteiger partial charge in [0.15, 0.2) is 0 Å². The second-order valence-corrected chi connectivity index (χ2v) is 3.89. The third-order valence-corrected chi connectivity index (χ3v) is 2.29. The first kappa shape index (κ1) is 10.4. The van der Waals surface area contributed by atoms with Gasteiger partial charge in [0, 0.05) is 6.20 Å². The molecule has 0 aliphatic carbocycles. The first-order valence-corrected chi connectivity index (χ1v) is 4.99. The summed E-state index contributed by atoms with van der Waals surface area (Å²) in [6, 6.07) is 5.90. The van der Waals surface area contributed by atoms with E-state index in [1.54, 1.807) is 6.20 Å². The molecule has 16 heavy (non-hydrogen) atoms. The fourth-order valence-corrected chi connectivity index (χ4v) is 1.70. The van der Waals surface area contributed by atoms with Crippen LogP contribution in [0.5, 0.6) is 0 Å². The van der Waals surface area contributed by atoms with E-state index < -0.39 is 0 Å². The summed E-state index contributed by atoms with van der Waals surface area (Å²) in [6.07, 6.45) is 2.95. The van der Waals surface area contributed by atoms with E-state index >= 15 is 0 Å².